The molecule has 1 heterocycles. The second-order valence-electron chi connectivity index (χ2n) is 15.2. The van der Waals surface area contributed by atoms with Crippen LogP contribution in [0.25, 0.3) is 0 Å². The fourth-order valence-electron chi connectivity index (χ4n) is 10.9. The summed E-state index contributed by atoms with van der Waals surface area (Å²) >= 11 is 0. The highest BCUT2D eigenvalue weighted by Gasteiger charge is 2.70. The lowest BCUT2D eigenvalue weighted by Crippen LogP contribution is -2.67. The van der Waals surface area contributed by atoms with E-state index in [1.807, 2.05) is 0 Å². The average molecular weight is 443 g/mol. The van der Waals surface area contributed by atoms with E-state index in [0.29, 0.717) is 39.4 Å². The van der Waals surface area contributed by atoms with Crippen molar-refractivity contribution in [3.05, 3.63) is 0 Å². The van der Waals surface area contributed by atoms with E-state index in [4.69, 9.17) is 4.74 Å². The summed E-state index contributed by atoms with van der Waals surface area (Å²) < 4.78 is 5.93. The Morgan fingerprint density at radius 3 is 2.03 bits per heavy atom. The van der Waals surface area contributed by atoms with E-state index in [1.165, 1.54) is 57.8 Å². The Morgan fingerprint density at radius 2 is 1.31 bits per heavy atom. The van der Waals surface area contributed by atoms with Crippen molar-refractivity contribution in [2.45, 2.75) is 132 Å². The summed E-state index contributed by atoms with van der Waals surface area (Å²) in [6, 6.07) is 0. The van der Waals surface area contributed by atoms with Gasteiger partial charge in [-0.05, 0) is 116 Å². The maximum Gasteiger partial charge on any atom is 0.306 e. The predicted octanol–water partition coefficient (Wildman–Crippen LogP) is 8.18. The first-order valence-corrected chi connectivity index (χ1v) is 13.9. The zero-order valence-corrected chi connectivity index (χ0v) is 22.4. The number of ether oxygens (including phenoxy) is 1. The third kappa shape index (κ3) is 2.85. The van der Waals surface area contributed by atoms with Gasteiger partial charge in [0, 0.05) is 11.8 Å². The second kappa shape index (κ2) is 6.78. The van der Waals surface area contributed by atoms with Crippen molar-refractivity contribution in [3.8, 4) is 0 Å². The molecular formula is C30H50O2. The lowest BCUT2D eigenvalue weighted by Gasteiger charge is -2.74. The molecule has 9 atom stereocenters. The standard InChI is InChI=1S/C30H50O2/c1-20-27(5)12-11-22-28(6,21(27)9-10-24(31)32-20)16-18-30(8)23-19-25(2,3)13-14-26(23,4)15-17-29(22,30)7/h20-23H,9-19H2,1-8H3/t20?,21-,22+,23-,26-,27-,28+,29-,30+/m1/s1. The van der Waals surface area contributed by atoms with E-state index >= 15 is 0 Å². The molecule has 5 aliphatic rings. The summed E-state index contributed by atoms with van der Waals surface area (Å²) in [5.74, 6) is 2.28. The summed E-state index contributed by atoms with van der Waals surface area (Å²) in [7, 11) is 0. The maximum absolute atomic E-state index is 12.4. The first-order valence-electron chi connectivity index (χ1n) is 13.9. The summed E-state index contributed by atoms with van der Waals surface area (Å²) in [5, 5.41) is 0. The molecular weight excluding hydrogens is 392 g/mol. The number of carbonyl (C=O) groups excluding carboxylic acids is 1. The Morgan fingerprint density at radius 1 is 0.688 bits per heavy atom. The van der Waals surface area contributed by atoms with Crippen LogP contribution in [0.5, 0.6) is 0 Å². The van der Waals surface area contributed by atoms with Gasteiger partial charge < -0.3 is 4.74 Å². The maximum atomic E-state index is 12.4. The number of hydrogen-bond donors (Lipinski definition) is 0. The highest BCUT2D eigenvalue weighted by molar-refractivity contribution is 5.70. The molecule has 4 aliphatic carbocycles. The van der Waals surface area contributed by atoms with Crippen molar-refractivity contribution in [1.29, 1.82) is 0 Å². The lowest BCUT2D eigenvalue weighted by atomic mass is 9.31. The first-order chi connectivity index (χ1) is 14.7. The van der Waals surface area contributed by atoms with Gasteiger partial charge >= 0.3 is 5.97 Å². The van der Waals surface area contributed by atoms with Crippen LogP contribution >= 0.6 is 0 Å². The molecule has 2 heteroatoms. The van der Waals surface area contributed by atoms with Gasteiger partial charge in [0.25, 0.3) is 0 Å². The quantitative estimate of drug-likeness (QED) is 0.353. The molecule has 0 spiro atoms. The molecule has 182 valence electrons. The Kier molecular flexibility index (Phi) is 4.92. The number of fused-ring (bicyclic) bond motifs is 7. The van der Waals surface area contributed by atoms with Gasteiger partial charge in [-0.3, -0.25) is 4.79 Å². The minimum Gasteiger partial charge on any atom is -0.462 e. The number of hydrogen-bond acceptors (Lipinski definition) is 2. The molecule has 1 saturated heterocycles. The van der Waals surface area contributed by atoms with Crippen LogP contribution in [0.2, 0.25) is 0 Å². The molecule has 0 radical (unpaired) electrons. The van der Waals surface area contributed by atoms with Gasteiger partial charge in [0.2, 0.25) is 0 Å². The van der Waals surface area contributed by atoms with Crippen LogP contribution in [-0.4, -0.2) is 12.1 Å². The zero-order valence-electron chi connectivity index (χ0n) is 22.4. The van der Waals surface area contributed by atoms with Gasteiger partial charge in [-0.2, -0.15) is 0 Å². The van der Waals surface area contributed by atoms with Gasteiger partial charge in [0.1, 0.15) is 6.10 Å². The molecule has 0 aromatic carbocycles. The van der Waals surface area contributed by atoms with Crippen LogP contribution < -0.4 is 0 Å². The minimum absolute atomic E-state index is 0.0398. The largest absolute Gasteiger partial charge is 0.462 e. The average Bonchev–Trinajstić information content (AvgIpc) is 2.82. The Hall–Kier alpha value is -0.530. The van der Waals surface area contributed by atoms with Gasteiger partial charge in [-0.1, -0.05) is 48.5 Å². The molecule has 0 bridgehead atoms. The fourth-order valence-corrected chi connectivity index (χ4v) is 10.9. The second-order valence-corrected chi connectivity index (χ2v) is 15.2. The molecule has 0 aromatic heterocycles. The third-order valence-corrected chi connectivity index (χ3v) is 13.4. The molecule has 0 amide bonds. The lowest BCUT2D eigenvalue weighted by molar-refractivity contribution is -0.255. The molecule has 1 aliphatic heterocycles. The monoisotopic (exact) mass is 442 g/mol. The van der Waals surface area contributed by atoms with Crippen molar-refractivity contribution in [2.24, 2.45) is 50.2 Å². The van der Waals surface area contributed by atoms with E-state index in [0.717, 1.165) is 18.3 Å². The van der Waals surface area contributed by atoms with E-state index in [-0.39, 0.29) is 17.5 Å². The van der Waals surface area contributed by atoms with Crippen molar-refractivity contribution in [1.82, 2.24) is 0 Å². The third-order valence-electron chi connectivity index (χ3n) is 13.4. The summed E-state index contributed by atoms with van der Waals surface area (Å²) in [4.78, 5) is 12.4. The van der Waals surface area contributed by atoms with Crippen LogP contribution in [0.3, 0.4) is 0 Å². The van der Waals surface area contributed by atoms with Crippen LogP contribution in [0, 0.1) is 50.2 Å². The Labute approximate surface area is 198 Å². The van der Waals surface area contributed by atoms with Gasteiger partial charge in [-0.15, -0.1) is 0 Å². The van der Waals surface area contributed by atoms with Crippen molar-refractivity contribution < 1.29 is 9.53 Å². The highest BCUT2D eigenvalue weighted by atomic mass is 16.5. The normalized spacial score (nSPS) is 57.2. The van der Waals surface area contributed by atoms with Crippen LogP contribution in [0.15, 0.2) is 0 Å². The number of cyclic esters (lactones) is 1. The molecule has 5 fully saturated rings. The zero-order chi connectivity index (χ0) is 23.4. The first kappa shape index (κ1) is 23.2. The van der Waals surface area contributed by atoms with E-state index < -0.39 is 0 Å². The fraction of sp³-hybridized carbons (Fsp3) is 0.967. The van der Waals surface area contributed by atoms with E-state index in [1.54, 1.807) is 0 Å². The van der Waals surface area contributed by atoms with Crippen molar-refractivity contribution in [2.75, 3.05) is 0 Å². The Bertz CT molecular complexity index is 801. The van der Waals surface area contributed by atoms with Crippen molar-refractivity contribution in [3.63, 3.8) is 0 Å². The number of rotatable bonds is 0. The van der Waals surface area contributed by atoms with Crippen molar-refractivity contribution >= 4 is 5.97 Å². The predicted molar refractivity (Wildman–Crippen MR) is 131 cm³/mol. The van der Waals surface area contributed by atoms with Crippen LogP contribution in [0.4, 0.5) is 0 Å². The van der Waals surface area contributed by atoms with Gasteiger partial charge in [-0.25, -0.2) is 0 Å². The van der Waals surface area contributed by atoms with Crippen LogP contribution in [-0.2, 0) is 9.53 Å². The minimum atomic E-state index is 0.0398. The molecule has 32 heavy (non-hydrogen) atoms. The topological polar surface area (TPSA) is 26.3 Å². The summed E-state index contributed by atoms with van der Waals surface area (Å²) in [5.41, 5.74) is 2.36. The number of esters is 1. The molecule has 2 nitrogen and oxygen atoms in total. The highest BCUT2D eigenvalue weighted by Crippen LogP contribution is 2.77. The van der Waals surface area contributed by atoms with E-state index in [2.05, 4.69) is 55.4 Å². The molecule has 4 saturated carbocycles. The summed E-state index contributed by atoms with van der Waals surface area (Å²) in [6.07, 6.45) is 14.1. The van der Waals surface area contributed by atoms with Crippen LogP contribution in [0.1, 0.15) is 126 Å². The smallest absolute Gasteiger partial charge is 0.306 e. The van der Waals surface area contributed by atoms with Gasteiger partial charge in [0.15, 0.2) is 0 Å². The molecule has 5 rings (SSSR count). The van der Waals surface area contributed by atoms with Gasteiger partial charge in [0.05, 0.1) is 0 Å². The SMILES string of the molecule is CC1OC(=O)CC[C@H]2[C@]3(C)CC[C@@]4(C)[C@@H]5CC(C)(C)CC[C@]5(C)CC[C@]4(C)[C@H]3CC[C@]12C. The summed E-state index contributed by atoms with van der Waals surface area (Å²) in [6.45, 7) is 20.5. The number of carbonyl (C=O) groups is 1. The molecule has 0 N–H and O–H groups in total. The Balaban J connectivity index is 1.55. The molecule has 0 aromatic rings. The van der Waals surface area contributed by atoms with E-state index in [9.17, 15) is 4.79 Å². The molecule has 1 unspecified atom stereocenters.